The second-order valence-electron chi connectivity index (χ2n) is 5.34. The first-order valence-corrected chi connectivity index (χ1v) is 7.63. The number of ether oxygens (including phenoxy) is 1. The Morgan fingerprint density at radius 1 is 1.08 bits per heavy atom. The molecule has 0 saturated heterocycles. The summed E-state index contributed by atoms with van der Waals surface area (Å²) < 4.78 is 23.8. The SMILES string of the molecule is O=C(O)COc1cccc(NC(=O)c2ccc(-c3cccc(F)c3)o2)c1. The fraction of sp³-hybridized carbons (Fsp3) is 0.0526. The smallest absolute Gasteiger partial charge is 0.341 e. The predicted molar refractivity (Wildman–Crippen MR) is 91.6 cm³/mol. The number of hydrogen-bond acceptors (Lipinski definition) is 4. The molecule has 0 unspecified atom stereocenters. The summed E-state index contributed by atoms with van der Waals surface area (Å²) in [4.78, 5) is 22.8. The molecule has 0 saturated carbocycles. The number of furan rings is 1. The molecule has 0 atom stereocenters. The maximum absolute atomic E-state index is 13.3. The molecule has 6 nitrogen and oxygen atoms in total. The highest BCUT2D eigenvalue weighted by atomic mass is 19.1. The Morgan fingerprint density at radius 3 is 2.65 bits per heavy atom. The number of carboxylic acids is 1. The second kappa shape index (κ2) is 7.52. The van der Waals surface area contributed by atoms with Crippen molar-refractivity contribution in [3.05, 3.63) is 72.2 Å². The van der Waals surface area contributed by atoms with E-state index in [9.17, 15) is 14.0 Å². The number of anilines is 1. The molecular formula is C19H14FNO5. The molecule has 3 aromatic rings. The molecule has 0 fully saturated rings. The average molecular weight is 355 g/mol. The lowest BCUT2D eigenvalue weighted by molar-refractivity contribution is -0.139. The van der Waals surface area contributed by atoms with E-state index in [-0.39, 0.29) is 5.76 Å². The molecule has 0 aliphatic heterocycles. The standard InChI is InChI=1S/C19H14FNO5/c20-13-4-1-3-12(9-13)16-7-8-17(26-16)19(24)21-14-5-2-6-15(10-14)25-11-18(22)23/h1-10H,11H2,(H,21,24)(H,22,23). The van der Waals surface area contributed by atoms with Crippen LogP contribution in [0.3, 0.4) is 0 Å². The lowest BCUT2D eigenvalue weighted by atomic mass is 10.2. The van der Waals surface area contributed by atoms with Crippen LogP contribution in [0.25, 0.3) is 11.3 Å². The van der Waals surface area contributed by atoms with E-state index in [0.717, 1.165) is 0 Å². The van der Waals surface area contributed by atoms with Gasteiger partial charge in [-0.15, -0.1) is 0 Å². The van der Waals surface area contributed by atoms with Crippen LogP contribution in [0.5, 0.6) is 5.75 Å². The molecule has 7 heteroatoms. The van der Waals surface area contributed by atoms with Gasteiger partial charge in [0.2, 0.25) is 0 Å². The Labute approximate surface area is 147 Å². The Morgan fingerprint density at radius 2 is 1.88 bits per heavy atom. The quantitative estimate of drug-likeness (QED) is 0.702. The molecule has 1 aromatic heterocycles. The van der Waals surface area contributed by atoms with Crippen LogP contribution in [-0.2, 0) is 4.79 Å². The lowest BCUT2D eigenvalue weighted by Crippen LogP contribution is -2.12. The van der Waals surface area contributed by atoms with Crippen LogP contribution in [0.15, 0.2) is 65.1 Å². The monoisotopic (exact) mass is 355 g/mol. The van der Waals surface area contributed by atoms with Crippen molar-refractivity contribution in [3.8, 4) is 17.1 Å². The van der Waals surface area contributed by atoms with Crippen molar-refractivity contribution in [2.75, 3.05) is 11.9 Å². The first kappa shape index (κ1) is 17.2. The highest BCUT2D eigenvalue weighted by Crippen LogP contribution is 2.24. The fourth-order valence-electron chi connectivity index (χ4n) is 2.26. The molecular weight excluding hydrogens is 341 g/mol. The summed E-state index contributed by atoms with van der Waals surface area (Å²) in [5, 5.41) is 11.2. The van der Waals surface area contributed by atoms with E-state index in [4.69, 9.17) is 14.3 Å². The maximum atomic E-state index is 13.3. The zero-order valence-electron chi connectivity index (χ0n) is 13.4. The number of hydrogen-bond donors (Lipinski definition) is 2. The summed E-state index contributed by atoms with van der Waals surface area (Å²) in [7, 11) is 0. The Kier molecular flexibility index (Phi) is 4.98. The summed E-state index contributed by atoms with van der Waals surface area (Å²) in [5.74, 6) is -1.26. The summed E-state index contributed by atoms with van der Waals surface area (Å²) >= 11 is 0. The van der Waals surface area contributed by atoms with E-state index in [1.807, 2.05) is 0 Å². The van der Waals surface area contributed by atoms with Gasteiger partial charge in [0.1, 0.15) is 17.3 Å². The van der Waals surface area contributed by atoms with E-state index in [2.05, 4.69) is 5.32 Å². The van der Waals surface area contributed by atoms with Crippen molar-refractivity contribution >= 4 is 17.6 Å². The predicted octanol–water partition coefficient (Wildman–Crippen LogP) is 3.80. The molecule has 2 aromatic carbocycles. The van der Waals surface area contributed by atoms with Gasteiger partial charge < -0.3 is 19.6 Å². The third kappa shape index (κ3) is 4.27. The fourth-order valence-corrected chi connectivity index (χ4v) is 2.26. The van der Waals surface area contributed by atoms with Gasteiger partial charge in [0.15, 0.2) is 12.4 Å². The van der Waals surface area contributed by atoms with Gasteiger partial charge in [-0.2, -0.15) is 0 Å². The van der Waals surface area contributed by atoms with Crippen LogP contribution in [0.1, 0.15) is 10.6 Å². The van der Waals surface area contributed by atoms with Crippen molar-refractivity contribution in [3.63, 3.8) is 0 Å². The van der Waals surface area contributed by atoms with E-state index < -0.39 is 24.3 Å². The molecule has 1 heterocycles. The van der Waals surface area contributed by atoms with Crippen molar-refractivity contribution in [1.29, 1.82) is 0 Å². The van der Waals surface area contributed by atoms with E-state index in [0.29, 0.717) is 22.8 Å². The van der Waals surface area contributed by atoms with Crippen LogP contribution in [-0.4, -0.2) is 23.6 Å². The third-order valence-electron chi connectivity index (χ3n) is 3.39. The maximum Gasteiger partial charge on any atom is 0.341 e. The minimum atomic E-state index is -1.10. The molecule has 0 radical (unpaired) electrons. The van der Waals surface area contributed by atoms with Crippen LogP contribution in [0.2, 0.25) is 0 Å². The Bertz CT molecular complexity index is 950. The number of benzene rings is 2. The highest BCUT2D eigenvalue weighted by Gasteiger charge is 2.13. The van der Waals surface area contributed by atoms with Crippen molar-refractivity contribution in [1.82, 2.24) is 0 Å². The molecule has 132 valence electrons. The van der Waals surface area contributed by atoms with E-state index in [1.54, 1.807) is 36.4 Å². The number of carboxylic acid groups (broad SMARTS) is 1. The molecule has 1 amide bonds. The van der Waals surface area contributed by atoms with Crippen molar-refractivity contribution in [2.45, 2.75) is 0 Å². The van der Waals surface area contributed by atoms with Gasteiger partial charge in [-0.25, -0.2) is 9.18 Å². The number of carbonyl (C=O) groups excluding carboxylic acids is 1. The number of halogens is 1. The van der Waals surface area contributed by atoms with Crippen molar-refractivity contribution in [2.24, 2.45) is 0 Å². The number of rotatable bonds is 6. The topological polar surface area (TPSA) is 88.8 Å². The highest BCUT2D eigenvalue weighted by molar-refractivity contribution is 6.02. The van der Waals surface area contributed by atoms with Gasteiger partial charge in [0.25, 0.3) is 5.91 Å². The third-order valence-corrected chi connectivity index (χ3v) is 3.39. The first-order chi connectivity index (χ1) is 12.5. The van der Waals surface area contributed by atoms with Crippen LogP contribution in [0, 0.1) is 5.82 Å². The minimum absolute atomic E-state index is 0.0566. The summed E-state index contributed by atoms with van der Waals surface area (Å²) in [6.45, 7) is -0.480. The van der Waals surface area contributed by atoms with Gasteiger partial charge in [-0.3, -0.25) is 4.79 Å². The van der Waals surface area contributed by atoms with E-state index in [1.165, 1.54) is 24.3 Å². The Balaban J connectivity index is 1.71. The summed E-state index contributed by atoms with van der Waals surface area (Å²) in [6.07, 6.45) is 0. The van der Waals surface area contributed by atoms with Gasteiger partial charge in [-0.1, -0.05) is 18.2 Å². The molecule has 0 spiro atoms. The number of amides is 1. The molecule has 26 heavy (non-hydrogen) atoms. The Hall–Kier alpha value is -3.61. The van der Waals surface area contributed by atoms with Crippen LogP contribution >= 0.6 is 0 Å². The summed E-state index contributed by atoms with van der Waals surface area (Å²) in [6, 6.07) is 15.2. The number of aliphatic carboxylic acids is 1. The zero-order valence-corrected chi connectivity index (χ0v) is 13.4. The summed E-state index contributed by atoms with van der Waals surface area (Å²) in [5.41, 5.74) is 0.940. The number of nitrogens with one attached hydrogen (secondary N) is 1. The number of carbonyl (C=O) groups is 2. The normalized spacial score (nSPS) is 10.3. The minimum Gasteiger partial charge on any atom is -0.482 e. The van der Waals surface area contributed by atoms with Gasteiger partial charge in [0.05, 0.1) is 0 Å². The first-order valence-electron chi connectivity index (χ1n) is 7.63. The molecule has 0 aliphatic carbocycles. The largest absolute Gasteiger partial charge is 0.482 e. The second-order valence-corrected chi connectivity index (χ2v) is 5.34. The molecule has 3 rings (SSSR count). The van der Waals surface area contributed by atoms with Gasteiger partial charge in [0, 0.05) is 17.3 Å². The molecule has 2 N–H and O–H groups in total. The van der Waals surface area contributed by atoms with Gasteiger partial charge in [-0.05, 0) is 36.4 Å². The average Bonchev–Trinajstić information content (AvgIpc) is 3.11. The van der Waals surface area contributed by atoms with Crippen LogP contribution in [0.4, 0.5) is 10.1 Å². The van der Waals surface area contributed by atoms with Crippen LogP contribution < -0.4 is 10.1 Å². The van der Waals surface area contributed by atoms with Gasteiger partial charge >= 0.3 is 5.97 Å². The molecule has 0 bridgehead atoms. The van der Waals surface area contributed by atoms with E-state index >= 15 is 0 Å². The lowest BCUT2D eigenvalue weighted by Gasteiger charge is -2.07. The zero-order chi connectivity index (χ0) is 18.5. The van der Waals surface area contributed by atoms with Crippen molar-refractivity contribution < 1.29 is 28.2 Å². The molecule has 0 aliphatic rings.